The first-order chi connectivity index (χ1) is 14.1. The van der Waals surface area contributed by atoms with Crippen molar-refractivity contribution in [3.05, 3.63) is 24.3 Å². The van der Waals surface area contributed by atoms with Crippen molar-refractivity contribution in [3.63, 3.8) is 0 Å². The van der Waals surface area contributed by atoms with Gasteiger partial charge in [0, 0.05) is 38.1 Å². The number of nitrogens with one attached hydrogen (secondary N) is 1. The molecular formula is C18H28N4O6S2. The third-order valence-electron chi connectivity index (χ3n) is 5.68. The van der Waals surface area contributed by atoms with Crippen LogP contribution in [0.4, 0.5) is 0 Å². The zero-order chi connectivity index (χ0) is 21.9. The SMILES string of the molecule is COc1ccc(S(=O)(=O)N2CCC(NC(=O)C3CCN(S(N)(=O)=O)CC3)CC2)cc1. The van der Waals surface area contributed by atoms with Crippen molar-refractivity contribution >= 4 is 26.1 Å². The van der Waals surface area contributed by atoms with E-state index in [0.29, 0.717) is 44.5 Å². The van der Waals surface area contributed by atoms with Crippen LogP contribution < -0.4 is 15.2 Å². The number of nitrogens with zero attached hydrogens (tertiary/aromatic N) is 2. The molecule has 0 saturated carbocycles. The lowest BCUT2D eigenvalue weighted by atomic mass is 9.96. The Morgan fingerprint density at radius 1 is 0.967 bits per heavy atom. The quantitative estimate of drug-likeness (QED) is 0.607. The van der Waals surface area contributed by atoms with Gasteiger partial charge in [-0.3, -0.25) is 4.79 Å². The highest BCUT2D eigenvalue weighted by molar-refractivity contribution is 7.89. The van der Waals surface area contributed by atoms with Crippen LogP contribution in [0.15, 0.2) is 29.2 Å². The molecule has 1 amide bonds. The number of rotatable bonds is 6. The third-order valence-corrected chi connectivity index (χ3v) is 8.68. The number of sulfonamides is 1. The standard InChI is InChI=1S/C18H28N4O6S2/c1-28-16-2-4-17(5-3-16)29(24,25)21-12-8-15(9-13-21)20-18(23)14-6-10-22(11-7-14)30(19,26)27/h2-5,14-15H,6-13H2,1H3,(H,20,23)(H2,19,26,27). The number of carbonyl (C=O) groups is 1. The molecule has 2 aliphatic rings. The van der Waals surface area contributed by atoms with Gasteiger partial charge in [-0.1, -0.05) is 0 Å². The van der Waals surface area contributed by atoms with Gasteiger partial charge in [0.05, 0.1) is 12.0 Å². The number of benzene rings is 1. The molecule has 0 aliphatic carbocycles. The smallest absolute Gasteiger partial charge is 0.276 e. The van der Waals surface area contributed by atoms with E-state index in [1.54, 1.807) is 12.1 Å². The number of nitrogens with two attached hydrogens (primary N) is 1. The van der Waals surface area contributed by atoms with Crippen LogP contribution >= 0.6 is 0 Å². The molecule has 0 unspecified atom stereocenters. The van der Waals surface area contributed by atoms with Crippen molar-refractivity contribution in [2.75, 3.05) is 33.3 Å². The first-order valence-electron chi connectivity index (χ1n) is 9.83. The summed E-state index contributed by atoms with van der Waals surface area (Å²) in [6.07, 6.45) is 1.90. The van der Waals surface area contributed by atoms with Crippen molar-refractivity contribution in [2.24, 2.45) is 11.1 Å². The van der Waals surface area contributed by atoms with E-state index >= 15 is 0 Å². The number of carbonyl (C=O) groups excluding carboxylic acids is 1. The molecule has 2 heterocycles. The molecule has 12 heteroatoms. The van der Waals surface area contributed by atoms with Crippen molar-refractivity contribution in [1.29, 1.82) is 0 Å². The number of methoxy groups -OCH3 is 1. The van der Waals surface area contributed by atoms with Gasteiger partial charge in [0.15, 0.2) is 0 Å². The van der Waals surface area contributed by atoms with Gasteiger partial charge >= 0.3 is 0 Å². The van der Waals surface area contributed by atoms with Crippen LogP contribution in [0.2, 0.25) is 0 Å². The molecule has 0 atom stereocenters. The molecule has 0 radical (unpaired) electrons. The Kier molecular flexibility index (Phi) is 7.02. The molecule has 168 valence electrons. The van der Waals surface area contributed by atoms with Crippen LogP contribution in [0.25, 0.3) is 0 Å². The maximum absolute atomic E-state index is 12.8. The third kappa shape index (κ3) is 5.30. The van der Waals surface area contributed by atoms with Gasteiger partial charge in [-0.2, -0.15) is 17.0 Å². The minimum Gasteiger partial charge on any atom is -0.497 e. The Morgan fingerprint density at radius 3 is 2.00 bits per heavy atom. The number of amides is 1. The summed E-state index contributed by atoms with van der Waals surface area (Å²) in [5.41, 5.74) is 0. The second kappa shape index (κ2) is 9.18. The first kappa shape index (κ1) is 22.9. The number of piperidine rings is 2. The highest BCUT2D eigenvalue weighted by Gasteiger charge is 2.33. The molecule has 1 aromatic carbocycles. The molecule has 2 saturated heterocycles. The fourth-order valence-electron chi connectivity index (χ4n) is 3.83. The molecule has 0 aromatic heterocycles. The molecule has 0 spiro atoms. The number of ether oxygens (including phenoxy) is 1. The van der Waals surface area contributed by atoms with Crippen LogP contribution in [0.3, 0.4) is 0 Å². The molecule has 10 nitrogen and oxygen atoms in total. The molecular weight excluding hydrogens is 432 g/mol. The van der Waals surface area contributed by atoms with Crippen molar-refractivity contribution < 1.29 is 26.4 Å². The second-order valence-electron chi connectivity index (χ2n) is 7.58. The van der Waals surface area contributed by atoms with Crippen LogP contribution in [-0.4, -0.2) is 70.7 Å². The summed E-state index contributed by atoms with van der Waals surface area (Å²) in [5, 5.41) is 8.12. The van der Waals surface area contributed by atoms with Gasteiger partial charge in [-0.05, 0) is 49.9 Å². The first-order valence-corrected chi connectivity index (χ1v) is 12.8. The van der Waals surface area contributed by atoms with E-state index in [9.17, 15) is 21.6 Å². The summed E-state index contributed by atoms with van der Waals surface area (Å²) in [4.78, 5) is 12.7. The van der Waals surface area contributed by atoms with Crippen LogP contribution in [0.5, 0.6) is 5.75 Å². The lowest BCUT2D eigenvalue weighted by Crippen LogP contribution is -2.50. The lowest BCUT2D eigenvalue weighted by Gasteiger charge is -2.34. The van der Waals surface area contributed by atoms with Gasteiger partial charge in [-0.15, -0.1) is 0 Å². The maximum atomic E-state index is 12.8. The van der Waals surface area contributed by atoms with Crippen LogP contribution in [0, 0.1) is 5.92 Å². The van der Waals surface area contributed by atoms with Crippen molar-refractivity contribution in [3.8, 4) is 5.75 Å². The molecule has 2 fully saturated rings. The van der Waals surface area contributed by atoms with Gasteiger partial charge in [0.1, 0.15) is 5.75 Å². The molecule has 1 aromatic rings. The van der Waals surface area contributed by atoms with Gasteiger partial charge in [0.25, 0.3) is 10.2 Å². The Labute approximate surface area is 177 Å². The van der Waals surface area contributed by atoms with Crippen LogP contribution in [-0.2, 0) is 25.0 Å². The number of hydrogen-bond donors (Lipinski definition) is 2. The highest BCUT2D eigenvalue weighted by atomic mass is 32.2. The Hall–Kier alpha value is -1.73. The molecule has 30 heavy (non-hydrogen) atoms. The summed E-state index contributed by atoms with van der Waals surface area (Å²) in [6.45, 7) is 1.11. The molecule has 3 rings (SSSR count). The molecule has 0 bridgehead atoms. The summed E-state index contributed by atoms with van der Waals surface area (Å²) < 4.78 is 56.0. The monoisotopic (exact) mass is 460 g/mol. The Morgan fingerprint density at radius 2 is 1.50 bits per heavy atom. The summed E-state index contributed by atoms with van der Waals surface area (Å²) >= 11 is 0. The fourth-order valence-corrected chi connectivity index (χ4v) is 6.02. The van der Waals surface area contributed by atoms with E-state index in [0.717, 1.165) is 0 Å². The zero-order valence-electron chi connectivity index (χ0n) is 16.9. The zero-order valence-corrected chi connectivity index (χ0v) is 18.5. The second-order valence-corrected chi connectivity index (χ2v) is 11.1. The van der Waals surface area contributed by atoms with E-state index in [1.807, 2.05) is 0 Å². The normalized spacial score (nSPS) is 20.7. The van der Waals surface area contributed by atoms with Crippen LogP contribution in [0.1, 0.15) is 25.7 Å². The van der Waals surface area contributed by atoms with E-state index in [1.165, 1.54) is 27.9 Å². The van der Waals surface area contributed by atoms with E-state index < -0.39 is 20.2 Å². The highest BCUT2D eigenvalue weighted by Crippen LogP contribution is 2.24. The summed E-state index contributed by atoms with van der Waals surface area (Å²) in [6, 6.07) is 6.17. The topological polar surface area (TPSA) is 139 Å². The van der Waals surface area contributed by atoms with Gasteiger partial charge < -0.3 is 10.1 Å². The fraction of sp³-hybridized carbons (Fsp3) is 0.611. The average molecular weight is 461 g/mol. The van der Waals surface area contributed by atoms with Crippen molar-refractivity contribution in [1.82, 2.24) is 13.9 Å². The molecule has 3 N–H and O–H groups in total. The van der Waals surface area contributed by atoms with Gasteiger partial charge in [0.2, 0.25) is 15.9 Å². The predicted molar refractivity (Wildman–Crippen MR) is 110 cm³/mol. The minimum absolute atomic E-state index is 0.101. The van der Waals surface area contributed by atoms with E-state index in [4.69, 9.17) is 9.88 Å². The largest absolute Gasteiger partial charge is 0.497 e. The minimum atomic E-state index is -3.72. The Balaban J connectivity index is 1.50. The summed E-state index contributed by atoms with van der Waals surface area (Å²) in [5.74, 6) is 0.217. The van der Waals surface area contributed by atoms with Gasteiger partial charge in [-0.25, -0.2) is 13.6 Å². The summed E-state index contributed by atoms with van der Waals surface area (Å²) in [7, 11) is -5.79. The van der Waals surface area contributed by atoms with E-state index in [2.05, 4.69) is 5.32 Å². The lowest BCUT2D eigenvalue weighted by molar-refractivity contribution is -0.127. The average Bonchev–Trinajstić information content (AvgIpc) is 2.73. The van der Waals surface area contributed by atoms with Crippen molar-refractivity contribution in [2.45, 2.75) is 36.6 Å². The maximum Gasteiger partial charge on any atom is 0.276 e. The Bertz CT molecular complexity index is 949. The number of hydrogen-bond acceptors (Lipinski definition) is 6. The molecule has 2 aliphatic heterocycles. The van der Waals surface area contributed by atoms with E-state index in [-0.39, 0.29) is 35.9 Å². The predicted octanol–water partition coefficient (Wildman–Crippen LogP) is -0.120.